The number of nitrogens with one attached hydrogen (secondary N) is 1. The number of carbonyl (C=O) groups is 1. The molecular weight excluding hydrogens is 411 g/mol. The van der Waals surface area contributed by atoms with Crippen LogP contribution in [-0.4, -0.2) is 35.3 Å². The van der Waals surface area contributed by atoms with Crippen LogP contribution in [0.3, 0.4) is 0 Å². The highest BCUT2D eigenvalue weighted by atomic mass is 35.5. The van der Waals surface area contributed by atoms with E-state index in [0.29, 0.717) is 10.6 Å². The van der Waals surface area contributed by atoms with Gasteiger partial charge < -0.3 is 5.32 Å². The second-order valence-corrected chi connectivity index (χ2v) is 8.59. The van der Waals surface area contributed by atoms with Gasteiger partial charge in [0.2, 0.25) is 0 Å². The summed E-state index contributed by atoms with van der Waals surface area (Å²) < 4.78 is 25.5. The van der Waals surface area contributed by atoms with Crippen molar-refractivity contribution < 1.29 is 13.2 Å². The molecule has 27 heavy (non-hydrogen) atoms. The molecule has 3 aromatic rings. The Labute approximate surface area is 165 Å². The molecule has 0 saturated heterocycles. The van der Waals surface area contributed by atoms with Gasteiger partial charge in [-0.05, 0) is 42.8 Å². The Kier molecular flexibility index (Phi) is 5.23. The molecule has 2 heterocycles. The smallest absolute Gasteiger partial charge is 0.274 e. The van der Waals surface area contributed by atoms with Gasteiger partial charge in [0, 0.05) is 17.5 Å². The fourth-order valence-corrected chi connectivity index (χ4v) is 3.98. The van der Waals surface area contributed by atoms with Crippen molar-refractivity contribution in [1.29, 1.82) is 0 Å². The molecule has 0 spiro atoms. The van der Waals surface area contributed by atoms with Crippen LogP contribution in [-0.2, 0) is 9.84 Å². The first kappa shape index (κ1) is 19.3. The van der Waals surface area contributed by atoms with Gasteiger partial charge in [-0.25, -0.2) is 18.1 Å². The lowest BCUT2D eigenvalue weighted by molar-refractivity contribution is 0.101. The highest BCUT2D eigenvalue weighted by Gasteiger charge is 2.22. The van der Waals surface area contributed by atoms with Crippen LogP contribution in [0.15, 0.2) is 47.6 Å². The maximum atomic E-state index is 12.8. The number of rotatable bonds is 4. The molecule has 0 aliphatic carbocycles. The Morgan fingerprint density at radius 3 is 2.59 bits per heavy atom. The van der Waals surface area contributed by atoms with E-state index in [4.69, 9.17) is 23.2 Å². The third kappa shape index (κ3) is 3.97. The van der Waals surface area contributed by atoms with Gasteiger partial charge in [0.05, 0.1) is 21.8 Å². The average Bonchev–Trinajstić information content (AvgIpc) is 3.06. The van der Waals surface area contributed by atoms with Crippen LogP contribution in [0.5, 0.6) is 0 Å². The number of nitrogens with zero attached hydrogens (tertiary/aromatic N) is 3. The molecule has 0 unspecified atom stereocenters. The number of hydrogen-bond donors (Lipinski definition) is 1. The molecule has 7 nitrogen and oxygen atoms in total. The van der Waals surface area contributed by atoms with Crippen molar-refractivity contribution >= 4 is 44.6 Å². The van der Waals surface area contributed by atoms with Crippen molar-refractivity contribution in [2.75, 3.05) is 11.6 Å². The number of aryl methyl sites for hydroxylation is 1. The molecule has 3 rings (SSSR count). The van der Waals surface area contributed by atoms with Crippen LogP contribution in [0.1, 0.15) is 16.1 Å². The minimum Gasteiger partial charge on any atom is -0.319 e. The lowest BCUT2D eigenvalue weighted by Gasteiger charge is -2.14. The molecule has 1 N–H and O–H groups in total. The number of aromatic nitrogens is 3. The monoisotopic (exact) mass is 424 g/mol. The topological polar surface area (TPSA) is 94.0 Å². The first-order chi connectivity index (χ1) is 12.7. The second kappa shape index (κ2) is 7.30. The van der Waals surface area contributed by atoms with E-state index in [-0.39, 0.29) is 27.1 Å². The second-order valence-electron chi connectivity index (χ2n) is 5.76. The molecule has 0 bridgehead atoms. The zero-order chi connectivity index (χ0) is 19.8. The van der Waals surface area contributed by atoms with Gasteiger partial charge in [0.15, 0.2) is 15.7 Å². The maximum Gasteiger partial charge on any atom is 0.274 e. The van der Waals surface area contributed by atoms with Crippen LogP contribution < -0.4 is 5.32 Å². The number of carbonyl (C=O) groups excluding carboxylic acids is 1. The quantitative estimate of drug-likeness (QED) is 0.690. The number of anilines is 1. The minimum atomic E-state index is -3.62. The van der Waals surface area contributed by atoms with Crippen LogP contribution in [0.25, 0.3) is 5.82 Å². The zero-order valence-electron chi connectivity index (χ0n) is 14.3. The Morgan fingerprint density at radius 2 is 1.93 bits per heavy atom. The molecule has 140 valence electrons. The lowest BCUT2D eigenvalue weighted by atomic mass is 10.2. The van der Waals surface area contributed by atoms with Crippen molar-refractivity contribution in [1.82, 2.24) is 14.8 Å². The summed E-state index contributed by atoms with van der Waals surface area (Å²) in [6, 6.07) is 7.62. The lowest BCUT2D eigenvalue weighted by Crippen LogP contribution is -2.20. The first-order valence-electron chi connectivity index (χ1n) is 7.65. The predicted octanol–water partition coefficient (Wildman–Crippen LogP) is 3.54. The Balaban J connectivity index is 2.05. The molecule has 0 atom stereocenters. The number of sulfone groups is 1. The molecule has 1 aromatic carbocycles. The molecule has 0 radical (unpaired) electrons. The van der Waals surface area contributed by atoms with E-state index in [2.05, 4.69) is 15.4 Å². The molecule has 0 aliphatic heterocycles. The summed E-state index contributed by atoms with van der Waals surface area (Å²) in [6.45, 7) is 1.66. The number of amides is 1. The Morgan fingerprint density at radius 1 is 1.19 bits per heavy atom. The highest BCUT2D eigenvalue weighted by molar-refractivity contribution is 7.90. The van der Waals surface area contributed by atoms with E-state index in [1.54, 1.807) is 25.1 Å². The summed E-state index contributed by atoms with van der Waals surface area (Å²) in [5.74, 6) is -0.282. The van der Waals surface area contributed by atoms with Crippen LogP contribution in [0, 0.1) is 6.92 Å². The molecule has 0 aliphatic rings. The van der Waals surface area contributed by atoms with Gasteiger partial charge in [-0.3, -0.25) is 4.79 Å². The van der Waals surface area contributed by atoms with Crippen molar-refractivity contribution in [3.8, 4) is 5.82 Å². The van der Waals surface area contributed by atoms with Crippen molar-refractivity contribution in [3.05, 3.63) is 64.0 Å². The van der Waals surface area contributed by atoms with Crippen molar-refractivity contribution in [2.45, 2.75) is 11.8 Å². The van der Waals surface area contributed by atoms with Crippen LogP contribution in [0.2, 0.25) is 10.0 Å². The molecule has 1 amide bonds. The summed E-state index contributed by atoms with van der Waals surface area (Å²) in [4.78, 5) is 16.9. The van der Waals surface area contributed by atoms with E-state index in [1.165, 1.54) is 29.2 Å². The standard InChI is InChI=1S/C17H14Cl2N4O3S/c1-10-8-11(18)9-14(27(2,25)26)15(10)22-17(24)13-5-7-21-23(13)16-12(19)4-3-6-20-16/h3-9H,1-2H3,(H,22,24). The van der Waals surface area contributed by atoms with Gasteiger partial charge >= 0.3 is 0 Å². The highest BCUT2D eigenvalue weighted by Crippen LogP contribution is 2.30. The van der Waals surface area contributed by atoms with Gasteiger partial charge in [-0.2, -0.15) is 5.10 Å². The molecular formula is C17H14Cl2N4O3S. The molecule has 0 fully saturated rings. The van der Waals surface area contributed by atoms with Gasteiger partial charge in [-0.15, -0.1) is 0 Å². The molecule has 2 aromatic heterocycles. The summed E-state index contributed by atoms with van der Waals surface area (Å²) in [6.07, 6.45) is 3.99. The number of halogens is 2. The van der Waals surface area contributed by atoms with Gasteiger partial charge in [0.1, 0.15) is 5.69 Å². The normalized spacial score (nSPS) is 11.4. The van der Waals surface area contributed by atoms with Crippen LogP contribution >= 0.6 is 23.2 Å². The Bertz CT molecular complexity index is 1140. The fraction of sp³-hybridized carbons (Fsp3) is 0.118. The Hall–Kier alpha value is -2.42. The van der Waals surface area contributed by atoms with Crippen LogP contribution in [0.4, 0.5) is 5.69 Å². The summed E-state index contributed by atoms with van der Waals surface area (Å²) in [5.41, 5.74) is 0.814. The van der Waals surface area contributed by atoms with Crippen molar-refractivity contribution in [3.63, 3.8) is 0 Å². The average molecular weight is 425 g/mol. The van der Waals surface area contributed by atoms with E-state index in [9.17, 15) is 13.2 Å². The minimum absolute atomic E-state index is 0.0669. The fourth-order valence-electron chi connectivity index (χ4n) is 2.52. The van der Waals surface area contributed by atoms with E-state index < -0.39 is 15.7 Å². The summed E-state index contributed by atoms with van der Waals surface area (Å²) in [7, 11) is -3.62. The molecule has 0 saturated carbocycles. The third-order valence-corrected chi connectivity index (χ3v) is 5.35. The molecule has 10 heteroatoms. The number of hydrogen-bond acceptors (Lipinski definition) is 5. The van der Waals surface area contributed by atoms with E-state index >= 15 is 0 Å². The number of pyridine rings is 1. The van der Waals surface area contributed by atoms with E-state index in [1.807, 2.05) is 0 Å². The van der Waals surface area contributed by atoms with Gasteiger partial charge in [0.25, 0.3) is 5.91 Å². The predicted molar refractivity (Wildman–Crippen MR) is 104 cm³/mol. The van der Waals surface area contributed by atoms with E-state index in [0.717, 1.165) is 6.26 Å². The maximum absolute atomic E-state index is 12.8. The SMILES string of the molecule is Cc1cc(Cl)cc(S(C)(=O)=O)c1NC(=O)c1ccnn1-c1ncccc1Cl. The number of benzene rings is 1. The summed E-state index contributed by atoms with van der Waals surface area (Å²) >= 11 is 12.1. The zero-order valence-corrected chi connectivity index (χ0v) is 16.6. The third-order valence-electron chi connectivity index (χ3n) is 3.72. The summed E-state index contributed by atoms with van der Waals surface area (Å²) in [5, 5.41) is 7.30. The largest absolute Gasteiger partial charge is 0.319 e. The van der Waals surface area contributed by atoms with Crippen molar-refractivity contribution in [2.24, 2.45) is 0 Å². The first-order valence-corrected chi connectivity index (χ1v) is 10.3. The van der Waals surface area contributed by atoms with Gasteiger partial charge in [-0.1, -0.05) is 23.2 Å².